The fourth-order valence-corrected chi connectivity index (χ4v) is 12.4. The van der Waals surface area contributed by atoms with E-state index in [2.05, 4.69) is 86.8 Å². The number of nitrogens with zero attached hydrogens (tertiary/aromatic N) is 1. The normalized spacial score (nSPS) is 13.4. The summed E-state index contributed by atoms with van der Waals surface area (Å²) in [6.07, 6.45) is 98.8. The van der Waals surface area contributed by atoms with E-state index in [1.807, 2.05) is 21.1 Å². The van der Waals surface area contributed by atoms with Gasteiger partial charge in [0.05, 0.1) is 27.7 Å². The highest BCUT2D eigenvalue weighted by atomic mass is 31.2. The maximum Gasteiger partial charge on any atom is 0.306 e. The molecule has 0 aliphatic carbocycles. The van der Waals surface area contributed by atoms with Crippen LogP contribution in [0.25, 0.3) is 0 Å². The summed E-state index contributed by atoms with van der Waals surface area (Å²) in [5.41, 5.74) is 0. The largest absolute Gasteiger partial charge is 0.756 e. The third-order valence-corrected chi connectivity index (χ3v) is 18.7. The smallest absolute Gasteiger partial charge is 0.306 e. The summed E-state index contributed by atoms with van der Waals surface area (Å²) in [4.78, 5) is 38.2. The average molecular weight is 1310 g/mol. The number of carbonyl (C=O) groups is 2. The van der Waals surface area contributed by atoms with Crippen LogP contribution in [-0.2, 0) is 32.7 Å². The second-order valence-electron chi connectivity index (χ2n) is 28.0. The molecule has 2 unspecified atom stereocenters. The fraction of sp³-hybridized carbons (Fsp3) is 0.829. The Morgan fingerprint density at radius 2 is 0.620 bits per heavy atom. The third-order valence-electron chi connectivity index (χ3n) is 17.7. The Hall–Kier alpha value is -2.55. The van der Waals surface area contributed by atoms with Crippen molar-refractivity contribution in [1.29, 1.82) is 0 Å². The van der Waals surface area contributed by atoms with Gasteiger partial charge in [0, 0.05) is 12.8 Å². The lowest BCUT2D eigenvalue weighted by atomic mass is 10.0. The van der Waals surface area contributed by atoms with Gasteiger partial charge in [0.1, 0.15) is 19.8 Å². The topological polar surface area (TPSA) is 111 Å². The van der Waals surface area contributed by atoms with Gasteiger partial charge in [0.15, 0.2) is 6.10 Å². The van der Waals surface area contributed by atoms with Gasteiger partial charge in [0.25, 0.3) is 7.82 Å². The van der Waals surface area contributed by atoms with E-state index in [-0.39, 0.29) is 32.0 Å². The van der Waals surface area contributed by atoms with Crippen molar-refractivity contribution < 1.29 is 42.1 Å². The summed E-state index contributed by atoms with van der Waals surface area (Å²) < 4.78 is 34.4. The van der Waals surface area contributed by atoms with E-state index in [1.54, 1.807) is 0 Å². The van der Waals surface area contributed by atoms with Gasteiger partial charge in [-0.3, -0.25) is 14.2 Å². The zero-order chi connectivity index (χ0) is 66.9. The van der Waals surface area contributed by atoms with Crippen LogP contribution in [0, 0.1) is 0 Å². The van der Waals surface area contributed by atoms with Crippen molar-refractivity contribution in [2.24, 2.45) is 0 Å². The Balaban J connectivity index is 3.93. The SMILES string of the molecule is CC/C=C\C/C=C\C/C=C\C/C=C\C/C=C\CCCCCCCCCCCCCCCCCCCC(=O)OC(COC(=O)CCCCCCCCCCCCCCCCCCCCCCCCC/C=C\CCCCCCCCCC)COP(=O)([O-])OCC[N+](C)(C)C. The van der Waals surface area contributed by atoms with Crippen LogP contribution in [0.15, 0.2) is 72.9 Å². The molecule has 0 aliphatic heterocycles. The van der Waals surface area contributed by atoms with E-state index in [9.17, 15) is 19.0 Å². The first kappa shape index (κ1) is 89.5. The lowest BCUT2D eigenvalue weighted by Gasteiger charge is -2.28. The molecule has 2 atom stereocenters. The summed E-state index contributed by atoms with van der Waals surface area (Å²) >= 11 is 0. The molecule has 0 aromatic carbocycles. The first-order valence-corrected chi connectivity index (χ1v) is 41.1. The molecule has 0 amide bonds. The number of rotatable bonds is 74. The Bertz CT molecular complexity index is 1780. The predicted octanol–water partition coefficient (Wildman–Crippen LogP) is 25.7. The van der Waals surface area contributed by atoms with Crippen molar-refractivity contribution >= 4 is 19.8 Å². The van der Waals surface area contributed by atoms with Crippen molar-refractivity contribution in [3.63, 3.8) is 0 Å². The number of quaternary nitrogens is 1. The van der Waals surface area contributed by atoms with E-state index >= 15 is 0 Å². The van der Waals surface area contributed by atoms with Crippen molar-refractivity contribution in [2.75, 3.05) is 47.5 Å². The minimum Gasteiger partial charge on any atom is -0.756 e. The molecule has 538 valence electrons. The van der Waals surface area contributed by atoms with E-state index in [0.717, 1.165) is 70.6 Å². The average Bonchev–Trinajstić information content (AvgIpc) is 2.23. The summed E-state index contributed by atoms with van der Waals surface area (Å²) in [5, 5.41) is 0. The Kier molecular flexibility index (Phi) is 70.7. The van der Waals surface area contributed by atoms with E-state index in [1.165, 1.54) is 283 Å². The van der Waals surface area contributed by atoms with Gasteiger partial charge in [-0.1, -0.05) is 363 Å². The van der Waals surface area contributed by atoms with Gasteiger partial charge in [-0.25, -0.2) is 0 Å². The maximum atomic E-state index is 12.9. The van der Waals surface area contributed by atoms with Crippen molar-refractivity contribution in [2.45, 2.75) is 392 Å². The van der Waals surface area contributed by atoms with Crippen LogP contribution in [0.3, 0.4) is 0 Å². The summed E-state index contributed by atoms with van der Waals surface area (Å²) in [7, 11) is 1.18. The van der Waals surface area contributed by atoms with Gasteiger partial charge in [0.2, 0.25) is 0 Å². The fourth-order valence-electron chi connectivity index (χ4n) is 11.7. The van der Waals surface area contributed by atoms with Crippen LogP contribution in [0.4, 0.5) is 0 Å². The highest BCUT2D eigenvalue weighted by Crippen LogP contribution is 2.38. The molecular weight excluding hydrogens is 1160 g/mol. The van der Waals surface area contributed by atoms with Crippen LogP contribution in [0.5, 0.6) is 0 Å². The van der Waals surface area contributed by atoms with Crippen LogP contribution in [0.2, 0.25) is 0 Å². The predicted molar refractivity (Wildman–Crippen MR) is 397 cm³/mol. The van der Waals surface area contributed by atoms with Gasteiger partial charge >= 0.3 is 11.9 Å². The van der Waals surface area contributed by atoms with Crippen LogP contribution in [0.1, 0.15) is 386 Å². The second kappa shape index (κ2) is 72.7. The summed E-state index contributed by atoms with van der Waals surface area (Å²) in [5.74, 6) is -0.814. The van der Waals surface area contributed by atoms with E-state index < -0.39 is 26.5 Å². The second-order valence-corrected chi connectivity index (χ2v) is 29.5. The zero-order valence-corrected chi connectivity index (χ0v) is 62.4. The standard InChI is InChI=1S/C82H152NO8P/c1-6-8-10-12-14-16-18-20-22-24-26-28-30-32-34-36-38-40-41-43-44-46-48-50-52-54-56-58-60-62-64-66-68-70-72-74-81(84)88-78-80(79-90-92(86,87)89-77-76-83(3,4)5)91-82(85)75-73-71-69-67-65-63-61-59-57-55-53-51-49-47-45-42-39-37-35-33-31-29-27-25-23-21-19-17-15-13-11-9-7-2/h9,11,15,17,21,23-24,26-27,29,33,35,80H,6-8,10,12-14,16,18-20,22,25,28,30-32,34,36-79H2,1-5H3/b11-9-,17-15-,23-21-,26-24-,29-27-,35-33-. The lowest BCUT2D eigenvalue weighted by Crippen LogP contribution is -2.37. The first-order valence-electron chi connectivity index (χ1n) is 39.6. The number of phosphoric acid groups is 1. The summed E-state index contributed by atoms with van der Waals surface area (Å²) in [6, 6.07) is 0. The molecule has 0 spiro atoms. The van der Waals surface area contributed by atoms with Gasteiger partial charge in [-0.05, 0) is 83.5 Å². The molecule has 92 heavy (non-hydrogen) atoms. The molecule has 0 aliphatic rings. The molecule has 0 radical (unpaired) electrons. The number of esters is 2. The van der Waals surface area contributed by atoms with Crippen molar-refractivity contribution in [1.82, 2.24) is 0 Å². The zero-order valence-electron chi connectivity index (χ0n) is 61.5. The Labute approximate surface area is 571 Å². The number of carbonyl (C=O) groups excluding carboxylic acids is 2. The molecule has 0 saturated carbocycles. The number of ether oxygens (including phenoxy) is 2. The summed E-state index contributed by atoms with van der Waals surface area (Å²) in [6.45, 7) is 4.19. The molecule has 0 heterocycles. The molecule has 0 rings (SSSR count). The number of allylic oxidation sites excluding steroid dienone is 12. The molecule has 0 saturated heterocycles. The number of hydrogen-bond donors (Lipinski definition) is 0. The van der Waals surface area contributed by atoms with Crippen LogP contribution >= 0.6 is 7.82 Å². The van der Waals surface area contributed by atoms with E-state index in [4.69, 9.17) is 18.5 Å². The minimum atomic E-state index is -4.65. The Morgan fingerprint density at radius 1 is 0.348 bits per heavy atom. The van der Waals surface area contributed by atoms with Crippen LogP contribution in [-0.4, -0.2) is 70.0 Å². The van der Waals surface area contributed by atoms with Gasteiger partial charge < -0.3 is 27.9 Å². The maximum absolute atomic E-state index is 12.9. The highest BCUT2D eigenvalue weighted by Gasteiger charge is 2.22. The van der Waals surface area contributed by atoms with Crippen molar-refractivity contribution in [3.05, 3.63) is 72.9 Å². The molecule has 0 N–H and O–H groups in total. The molecule has 10 heteroatoms. The van der Waals surface area contributed by atoms with Gasteiger partial charge in [-0.2, -0.15) is 0 Å². The molecule has 0 aromatic heterocycles. The quantitative estimate of drug-likeness (QED) is 0.0195. The molecule has 9 nitrogen and oxygen atoms in total. The molecule has 0 fully saturated rings. The van der Waals surface area contributed by atoms with Gasteiger partial charge in [-0.15, -0.1) is 0 Å². The third kappa shape index (κ3) is 76.5. The molecular formula is C82H152NO8P. The molecule has 0 bridgehead atoms. The highest BCUT2D eigenvalue weighted by molar-refractivity contribution is 7.45. The van der Waals surface area contributed by atoms with Crippen molar-refractivity contribution in [3.8, 4) is 0 Å². The monoisotopic (exact) mass is 1310 g/mol. The number of hydrogen-bond acceptors (Lipinski definition) is 8. The Morgan fingerprint density at radius 3 is 0.935 bits per heavy atom. The molecule has 0 aromatic rings. The number of likely N-dealkylation sites (N-methyl/N-ethyl adjacent to an activating group) is 1. The van der Waals surface area contributed by atoms with E-state index in [0.29, 0.717) is 17.4 Å². The number of unbranched alkanes of at least 4 members (excludes halogenated alkanes) is 48. The first-order chi connectivity index (χ1) is 45.0. The minimum absolute atomic E-state index is 0.0298. The van der Waals surface area contributed by atoms with Crippen LogP contribution < -0.4 is 4.89 Å². The number of phosphoric ester groups is 1. The lowest BCUT2D eigenvalue weighted by molar-refractivity contribution is -0.870.